The molecule has 8 nitrogen and oxygen atoms in total. The van der Waals surface area contributed by atoms with Crippen molar-refractivity contribution < 1.29 is 9.90 Å². The van der Waals surface area contributed by atoms with Crippen LogP contribution in [0.1, 0.15) is 23.3 Å². The Morgan fingerprint density at radius 1 is 1.21 bits per heavy atom. The molecule has 1 atom stereocenters. The normalized spacial score (nSPS) is 16.4. The first kappa shape index (κ1) is 18.8. The first-order valence-corrected chi connectivity index (χ1v) is 9.48. The predicted molar refractivity (Wildman–Crippen MR) is 112 cm³/mol. The zero-order chi connectivity index (χ0) is 20.2. The molecule has 1 aliphatic rings. The van der Waals surface area contributed by atoms with E-state index in [1.54, 1.807) is 12.4 Å². The number of rotatable bonds is 4. The first-order valence-electron chi connectivity index (χ1n) is 9.48. The molecule has 148 valence electrons. The Morgan fingerprint density at radius 2 is 2.03 bits per heavy atom. The minimum Gasteiger partial charge on any atom is -0.396 e. The van der Waals surface area contributed by atoms with Gasteiger partial charge in [0.05, 0.1) is 35.6 Å². The van der Waals surface area contributed by atoms with E-state index < -0.39 is 5.91 Å². The standard InChI is InChI=1S/C21H22N6O2/c22-16-11-24-20(14-5-2-1-3-6-14)26-19(16)21(29)25-17-12-23-9-8-18(17)27-10-4-7-15(28)13-27/h1-3,5-6,8-9,11-12,15,28H,4,7,10,13,22H2,(H,25,29). The van der Waals surface area contributed by atoms with Gasteiger partial charge in [0.1, 0.15) is 0 Å². The summed E-state index contributed by atoms with van der Waals surface area (Å²) >= 11 is 0. The zero-order valence-corrected chi connectivity index (χ0v) is 15.8. The Balaban J connectivity index is 1.61. The third-order valence-electron chi connectivity index (χ3n) is 4.85. The minimum atomic E-state index is -0.436. The highest BCUT2D eigenvalue weighted by molar-refractivity contribution is 6.07. The van der Waals surface area contributed by atoms with Crippen molar-refractivity contribution in [3.8, 4) is 11.4 Å². The summed E-state index contributed by atoms with van der Waals surface area (Å²) in [6.07, 6.45) is 5.97. The monoisotopic (exact) mass is 390 g/mol. The molecule has 0 aliphatic carbocycles. The summed E-state index contributed by atoms with van der Waals surface area (Å²) in [5.74, 6) is -0.00981. The number of aromatic nitrogens is 3. The molecule has 2 aromatic heterocycles. The van der Waals surface area contributed by atoms with Crippen LogP contribution in [0.4, 0.5) is 17.1 Å². The lowest BCUT2D eigenvalue weighted by Crippen LogP contribution is -2.38. The van der Waals surface area contributed by atoms with Crippen LogP contribution in [0.5, 0.6) is 0 Å². The molecule has 0 bridgehead atoms. The van der Waals surface area contributed by atoms with Gasteiger partial charge in [-0.1, -0.05) is 30.3 Å². The van der Waals surface area contributed by atoms with Gasteiger partial charge >= 0.3 is 0 Å². The predicted octanol–water partition coefficient (Wildman–Crippen LogP) is 2.33. The maximum Gasteiger partial charge on any atom is 0.276 e. The molecule has 1 fully saturated rings. The fraction of sp³-hybridized carbons (Fsp3) is 0.238. The molecule has 1 aliphatic heterocycles. The molecular weight excluding hydrogens is 368 g/mol. The molecule has 1 unspecified atom stereocenters. The van der Waals surface area contributed by atoms with Crippen LogP contribution in [0.2, 0.25) is 0 Å². The van der Waals surface area contributed by atoms with Gasteiger partial charge in [0.25, 0.3) is 5.91 Å². The number of carbonyl (C=O) groups is 1. The molecule has 1 amide bonds. The molecule has 3 aromatic rings. The lowest BCUT2D eigenvalue weighted by molar-refractivity contribution is 0.102. The number of nitrogens with zero attached hydrogens (tertiary/aromatic N) is 4. The van der Waals surface area contributed by atoms with Gasteiger partial charge in [0.2, 0.25) is 0 Å². The van der Waals surface area contributed by atoms with Crippen molar-refractivity contribution in [1.29, 1.82) is 0 Å². The number of aliphatic hydroxyl groups is 1. The number of aliphatic hydroxyl groups excluding tert-OH is 1. The number of hydrogen-bond acceptors (Lipinski definition) is 7. The number of piperidine rings is 1. The second-order valence-corrected chi connectivity index (χ2v) is 6.95. The van der Waals surface area contributed by atoms with E-state index in [1.807, 2.05) is 41.3 Å². The van der Waals surface area contributed by atoms with E-state index >= 15 is 0 Å². The van der Waals surface area contributed by atoms with E-state index in [1.165, 1.54) is 6.20 Å². The Hall–Kier alpha value is -3.52. The lowest BCUT2D eigenvalue weighted by Gasteiger charge is -2.33. The van der Waals surface area contributed by atoms with Gasteiger partial charge in [0.15, 0.2) is 11.5 Å². The molecule has 3 heterocycles. The van der Waals surface area contributed by atoms with Crippen molar-refractivity contribution in [3.05, 3.63) is 60.7 Å². The number of carbonyl (C=O) groups excluding carboxylic acids is 1. The van der Waals surface area contributed by atoms with Gasteiger partial charge in [-0.15, -0.1) is 0 Å². The van der Waals surface area contributed by atoms with Crippen LogP contribution in [0.25, 0.3) is 11.4 Å². The molecule has 4 rings (SSSR count). The molecule has 8 heteroatoms. The number of amides is 1. The van der Waals surface area contributed by atoms with Crippen molar-refractivity contribution in [2.24, 2.45) is 0 Å². The highest BCUT2D eigenvalue weighted by Gasteiger charge is 2.22. The highest BCUT2D eigenvalue weighted by Crippen LogP contribution is 2.28. The Labute approximate surface area is 168 Å². The Bertz CT molecular complexity index is 1010. The topological polar surface area (TPSA) is 117 Å². The fourth-order valence-electron chi connectivity index (χ4n) is 3.41. The molecule has 1 aromatic carbocycles. The average Bonchev–Trinajstić information content (AvgIpc) is 2.75. The maximum atomic E-state index is 12.9. The molecule has 0 radical (unpaired) electrons. The average molecular weight is 390 g/mol. The van der Waals surface area contributed by atoms with Crippen LogP contribution in [0, 0.1) is 0 Å². The second kappa shape index (κ2) is 8.24. The summed E-state index contributed by atoms with van der Waals surface area (Å²) in [7, 11) is 0. The number of hydrogen-bond donors (Lipinski definition) is 3. The van der Waals surface area contributed by atoms with Crippen LogP contribution >= 0.6 is 0 Å². The van der Waals surface area contributed by atoms with Crippen molar-refractivity contribution >= 4 is 23.0 Å². The second-order valence-electron chi connectivity index (χ2n) is 6.95. The van der Waals surface area contributed by atoms with Gasteiger partial charge < -0.3 is 21.1 Å². The largest absolute Gasteiger partial charge is 0.396 e. The van der Waals surface area contributed by atoms with E-state index in [2.05, 4.69) is 20.3 Å². The number of benzene rings is 1. The number of nitrogens with two attached hydrogens (primary N) is 1. The van der Waals surface area contributed by atoms with E-state index in [0.717, 1.165) is 30.6 Å². The van der Waals surface area contributed by atoms with Gasteiger partial charge in [-0.25, -0.2) is 9.97 Å². The van der Waals surface area contributed by atoms with E-state index in [0.29, 0.717) is 18.1 Å². The van der Waals surface area contributed by atoms with Crippen molar-refractivity contribution in [3.63, 3.8) is 0 Å². The van der Waals surface area contributed by atoms with Gasteiger partial charge in [-0.2, -0.15) is 0 Å². The summed E-state index contributed by atoms with van der Waals surface area (Å²) in [6.45, 7) is 1.32. The Morgan fingerprint density at radius 3 is 2.83 bits per heavy atom. The third-order valence-corrected chi connectivity index (χ3v) is 4.85. The fourth-order valence-corrected chi connectivity index (χ4v) is 3.41. The van der Waals surface area contributed by atoms with E-state index in [-0.39, 0.29) is 17.5 Å². The van der Waals surface area contributed by atoms with Crippen LogP contribution in [0.3, 0.4) is 0 Å². The van der Waals surface area contributed by atoms with Crippen LogP contribution in [-0.4, -0.2) is 45.2 Å². The molecule has 0 saturated carbocycles. The highest BCUT2D eigenvalue weighted by atomic mass is 16.3. The van der Waals surface area contributed by atoms with Crippen molar-refractivity contribution in [1.82, 2.24) is 15.0 Å². The summed E-state index contributed by atoms with van der Waals surface area (Å²) in [4.78, 5) is 27.7. The smallest absolute Gasteiger partial charge is 0.276 e. The van der Waals surface area contributed by atoms with Crippen molar-refractivity contribution in [2.45, 2.75) is 18.9 Å². The van der Waals surface area contributed by atoms with Crippen LogP contribution < -0.4 is 16.0 Å². The number of β-amino-alcohol motifs (C(OH)–C–C–N with tert-alkyl or cyclic N) is 1. The van der Waals surface area contributed by atoms with Crippen molar-refractivity contribution in [2.75, 3.05) is 29.0 Å². The quantitative estimate of drug-likeness (QED) is 0.626. The number of nitrogens with one attached hydrogen (secondary N) is 1. The summed E-state index contributed by atoms with van der Waals surface area (Å²) < 4.78 is 0. The summed E-state index contributed by atoms with van der Waals surface area (Å²) in [5, 5.41) is 12.9. The minimum absolute atomic E-state index is 0.104. The number of anilines is 3. The van der Waals surface area contributed by atoms with Gasteiger partial charge in [-0.05, 0) is 18.9 Å². The molecule has 4 N–H and O–H groups in total. The SMILES string of the molecule is Nc1cnc(-c2ccccc2)nc1C(=O)Nc1cnccc1N1CCCC(O)C1. The Kier molecular flexibility index (Phi) is 5.35. The molecule has 0 spiro atoms. The molecular formula is C21H22N6O2. The lowest BCUT2D eigenvalue weighted by atomic mass is 10.1. The number of pyridine rings is 1. The first-order chi connectivity index (χ1) is 14.1. The third kappa shape index (κ3) is 4.17. The van der Waals surface area contributed by atoms with Crippen LogP contribution in [0.15, 0.2) is 55.0 Å². The molecule has 29 heavy (non-hydrogen) atoms. The maximum absolute atomic E-state index is 12.9. The summed E-state index contributed by atoms with van der Waals surface area (Å²) in [5.41, 5.74) is 8.43. The van der Waals surface area contributed by atoms with E-state index in [4.69, 9.17) is 5.73 Å². The van der Waals surface area contributed by atoms with Crippen LogP contribution in [-0.2, 0) is 0 Å². The van der Waals surface area contributed by atoms with Gasteiger partial charge in [0, 0.05) is 24.8 Å². The van der Waals surface area contributed by atoms with E-state index in [9.17, 15) is 9.90 Å². The zero-order valence-electron chi connectivity index (χ0n) is 15.8. The summed E-state index contributed by atoms with van der Waals surface area (Å²) in [6, 6.07) is 11.2. The number of nitrogen functional groups attached to an aromatic ring is 1. The molecule has 1 saturated heterocycles. The van der Waals surface area contributed by atoms with Gasteiger partial charge in [-0.3, -0.25) is 9.78 Å².